The third-order valence-corrected chi connectivity index (χ3v) is 8.20. The lowest BCUT2D eigenvalue weighted by Gasteiger charge is -2.51. The number of likely N-dealkylation sites (tertiary alicyclic amines) is 1. The quantitative estimate of drug-likeness (QED) is 0.314. The summed E-state index contributed by atoms with van der Waals surface area (Å²) in [6.07, 6.45) is -9.35. The Morgan fingerprint density at radius 3 is 2.21 bits per heavy atom. The molecule has 1 aromatic heterocycles. The van der Waals surface area contributed by atoms with Gasteiger partial charge in [0.05, 0.1) is 24.4 Å². The number of aromatic nitrogens is 1. The molecule has 1 aromatic carbocycles. The van der Waals surface area contributed by atoms with Gasteiger partial charge in [0.15, 0.2) is 5.72 Å². The highest BCUT2D eigenvalue weighted by molar-refractivity contribution is 5.99. The van der Waals surface area contributed by atoms with Crippen LogP contribution in [0, 0.1) is 0 Å². The van der Waals surface area contributed by atoms with Crippen molar-refractivity contribution in [1.82, 2.24) is 14.4 Å². The van der Waals surface area contributed by atoms with E-state index in [2.05, 4.69) is 9.80 Å². The average Bonchev–Trinajstić information content (AvgIpc) is 3.58. The Kier molecular flexibility index (Phi) is 7.11. The Balaban J connectivity index is 1.31. The third-order valence-electron chi connectivity index (χ3n) is 8.20. The summed E-state index contributed by atoms with van der Waals surface area (Å²) in [5.74, 6) is -1.84. The van der Waals surface area contributed by atoms with Gasteiger partial charge in [-0.05, 0) is 37.6 Å². The molecule has 5 rings (SSSR count). The maximum absolute atomic E-state index is 13.2. The van der Waals surface area contributed by atoms with E-state index in [0.29, 0.717) is 56.9 Å². The summed E-state index contributed by atoms with van der Waals surface area (Å²) in [7, 11) is 1.94. The van der Waals surface area contributed by atoms with Gasteiger partial charge >= 0.3 is 12.4 Å². The highest BCUT2D eigenvalue weighted by Gasteiger charge is 2.55. The second kappa shape index (κ2) is 9.88. The Morgan fingerprint density at radius 1 is 1.03 bits per heavy atom. The first-order valence-corrected chi connectivity index (χ1v) is 12.6. The van der Waals surface area contributed by atoms with E-state index in [9.17, 15) is 36.2 Å². The van der Waals surface area contributed by atoms with E-state index >= 15 is 0 Å². The molecule has 2 saturated heterocycles. The first-order chi connectivity index (χ1) is 18.3. The van der Waals surface area contributed by atoms with Crippen LogP contribution in [-0.2, 0) is 27.3 Å². The summed E-state index contributed by atoms with van der Waals surface area (Å²) in [5, 5.41) is 9.50. The highest BCUT2D eigenvalue weighted by Crippen LogP contribution is 2.48. The van der Waals surface area contributed by atoms with Crippen LogP contribution in [0.1, 0.15) is 46.3 Å². The van der Waals surface area contributed by atoms with Crippen LogP contribution in [0.25, 0.3) is 0 Å². The summed E-state index contributed by atoms with van der Waals surface area (Å²) in [6, 6.07) is 9.62. The molecule has 39 heavy (non-hydrogen) atoms. The molecule has 3 aliphatic heterocycles. The van der Waals surface area contributed by atoms with Gasteiger partial charge in [-0.3, -0.25) is 14.6 Å². The number of alkyl halides is 6. The monoisotopic (exact) mass is 561 g/mol. The lowest BCUT2D eigenvalue weighted by atomic mass is 9.80. The Labute approximate surface area is 220 Å². The molecule has 7 nitrogen and oxygen atoms in total. The number of nitrogens with zero attached hydrogens (tertiary/aromatic N) is 3. The number of carbonyl (C=O) groups is 1. The van der Waals surface area contributed by atoms with Crippen LogP contribution in [0.4, 0.5) is 26.3 Å². The molecule has 13 heteroatoms. The molecule has 0 bridgehead atoms. The molecular formula is C26H29F6N3O4. The van der Waals surface area contributed by atoms with Crippen LogP contribution in [0.2, 0.25) is 0 Å². The average molecular weight is 562 g/mol. The third kappa shape index (κ3) is 5.10. The molecule has 4 heterocycles. The molecule has 0 amide bonds. The minimum atomic E-state index is -4.94. The van der Waals surface area contributed by atoms with Gasteiger partial charge in [-0.1, -0.05) is 24.3 Å². The summed E-state index contributed by atoms with van der Waals surface area (Å²) in [6.45, 7) is 0.308. The zero-order valence-electron chi connectivity index (χ0n) is 21.2. The number of Topliss-reactive ketones (excluding diaryl/α,β-unsaturated/α-hetero) is 1. The van der Waals surface area contributed by atoms with E-state index in [1.165, 1.54) is 10.6 Å². The molecular weight excluding hydrogens is 532 g/mol. The number of aliphatic hydroxyl groups excluding tert-OH is 1. The number of aliphatic hydroxyl groups is 1. The number of halogens is 6. The Morgan fingerprint density at radius 2 is 1.67 bits per heavy atom. The highest BCUT2D eigenvalue weighted by atomic mass is 19.4. The van der Waals surface area contributed by atoms with Crippen LogP contribution in [0.3, 0.4) is 0 Å². The van der Waals surface area contributed by atoms with Crippen molar-refractivity contribution in [2.75, 3.05) is 46.5 Å². The number of rotatable bonds is 7. The van der Waals surface area contributed by atoms with E-state index in [1.54, 1.807) is 30.3 Å². The normalized spacial score (nSPS) is 24.5. The van der Waals surface area contributed by atoms with Crippen LogP contribution in [0.15, 0.2) is 36.4 Å². The first-order valence-electron chi connectivity index (χ1n) is 12.6. The van der Waals surface area contributed by atoms with Crippen molar-refractivity contribution in [3.63, 3.8) is 0 Å². The van der Waals surface area contributed by atoms with Gasteiger partial charge in [0.25, 0.3) is 5.78 Å². The second-order valence-corrected chi connectivity index (χ2v) is 10.3. The minimum Gasteiger partial charge on any atom is -0.393 e. The van der Waals surface area contributed by atoms with Crippen molar-refractivity contribution in [3.05, 3.63) is 58.9 Å². The number of benzene rings is 1. The fourth-order valence-electron chi connectivity index (χ4n) is 6.00. The van der Waals surface area contributed by atoms with Crippen molar-refractivity contribution >= 4 is 5.78 Å². The summed E-state index contributed by atoms with van der Waals surface area (Å²) < 4.78 is 89.3. The van der Waals surface area contributed by atoms with Crippen molar-refractivity contribution in [1.29, 1.82) is 0 Å². The van der Waals surface area contributed by atoms with Crippen LogP contribution < -0.4 is 0 Å². The number of epoxide rings is 1. The Hall–Kier alpha value is -2.45. The van der Waals surface area contributed by atoms with E-state index < -0.39 is 48.7 Å². The number of ketones is 1. The van der Waals surface area contributed by atoms with Crippen LogP contribution in [-0.4, -0.2) is 84.1 Å². The molecule has 2 unspecified atom stereocenters. The number of fused-ring (bicyclic) bond motifs is 2. The SMILES string of the molecule is CN1CCn2c(C(=O)C(F)(F)F)ccc2C12CCN(C1(c3ccc(C(CO)OCC(F)(F)F)cc3)CO1)CC2. The molecule has 2 atom stereocenters. The van der Waals surface area contributed by atoms with Gasteiger partial charge < -0.3 is 19.1 Å². The first kappa shape index (κ1) is 28.1. The van der Waals surface area contributed by atoms with Gasteiger partial charge in [0.1, 0.15) is 12.7 Å². The lowest BCUT2D eigenvalue weighted by Crippen LogP contribution is -2.57. The number of carbonyl (C=O) groups excluding carboxylic acids is 1. The second-order valence-electron chi connectivity index (χ2n) is 10.3. The number of piperidine rings is 1. The van der Waals surface area contributed by atoms with E-state index in [4.69, 9.17) is 9.47 Å². The standard InChI is InChI=1S/C26H29F6N3O4/c1-33-12-13-35-19(22(37)26(30,31)32)6-7-21(35)23(33)8-10-34(11-9-23)24(15-39-24)18-4-2-17(3-5-18)20(14-36)38-16-25(27,28)29/h2-7,20,36H,8-16H2,1H3. The minimum absolute atomic E-state index is 0.294. The predicted octanol–water partition coefficient (Wildman–Crippen LogP) is 3.97. The topological polar surface area (TPSA) is 70.5 Å². The molecule has 214 valence electrons. The zero-order valence-corrected chi connectivity index (χ0v) is 21.2. The van der Waals surface area contributed by atoms with E-state index in [0.717, 1.165) is 5.56 Å². The van der Waals surface area contributed by atoms with Crippen molar-refractivity contribution in [2.45, 2.75) is 49.1 Å². The summed E-state index contributed by atoms with van der Waals surface area (Å²) in [4.78, 5) is 16.3. The van der Waals surface area contributed by atoms with Gasteiger partial charge in [0.2, 0.25) is 0 Å². The van der Waals surface area contributed by atoms with Gasteiger partial charge in [0, 0.05) is 37.4 Å². The molecule has 1 spiro atoms. The van der Waals surface area contributed by atoms with Crippen molar-refractivity contribution in [3.8, 4) is 0 Å². The van der Waals surface area contributed by atoms with Gasteiger partial charge in [-0.25, -0.2) is 0 Å². The summed E-state index contributed by atoms with van der Waals surface area (Å²) in [5.41, 5.74) is 0.361. The molecule has 0 radical (unpaired) electrons. The molecule has 0 saturated carbocycles. The maximum Gasteiger partial charge on any atom is 0.456 e. The van der Waals surface area contributed by atoms with Gasteiger partial charge in [-0.15, -0.1) is 0 Å². The van der Waals surface area contributed by atoms with E-state index in [1.807, 2.05) is 7.05 Å². The van der Waals surface area contributed by atoms with Gasteiger partial charge in [-0.2, -0.15) is 26.3 Å². The van der Waals surface area contributed by atoms with Crippen LogP contribution in [0.5, 0.6) is 0 Å². The van der Waals surface area contributed by atoms with E-state index in [-0.39, 0.29) is 5.69 Å². The smallest absolute Gasteiger partial charge is 0.393 e. The zero-order chi connectivity index (χ0) is 28.2. The number of ether oxygens (including phenoxy) is 2. The summed E-state index contributed by atoms with van der Waals surface area (Å²) >= 11 is 0. The molecule has 2 aromatic rings. The number of likely N-dealkylation sites (N-methyl/N-ethyl adjacent to an activating group) is 1. The lowest BCUT2D eigenvalue weighted by molar-refractivity contribution is -0.189. The largest absolute Gasteiger partial charge is 0.456 e. The molecule has 0 aliphatic carbocycles. The number of hydrogen-bond donors (Lipinski definition) is 1. The predicted molar refractivity (Wildman–Crippen MR) is 126 cm³/mol. The molecule has 3 aliphatic rings. The molecule has 2 fully saturated rings. The van der Waals surface area contributed by atoms with Crippen molar-refractivity contribution < 1.29 is 45.7 Å². The maximum atomic E-state index is 13.2. The fourth-order valence-corrected chi connectivity index (χ4v) is 6.00. The van der Waals surface area contributed by atoms with Crippen molar-refractivity contribution in [2.24, 2.45) is 0 Å². The van der Waals surface area contributed by atoms with Crippen LogP contribution >= 0.6 is 0 Å². The molecule has 1 N–H and O–H groups in total. The number of hydrogen-bond acceptors (Lipinski definition) is 6. The Bertz CT molecular complexity index is 1200. The fraction of sp³-hybridized carbons (Fsp3) is 0.577.